The molecule has 2 aliphatic heterocycles. The van der Waals surface area contributed by atoms with E-state index in [0.29, 0.717) is 35.3 Å². The van der Waals surface area contributed by atoms with Crippen molar-refractivity contribution in [2.45, 2.75) is 57.5 Å². The number of carbonyl (C=O) groups excluding carboxylic acids is 1. The molecule has 0 saturated carbocycles. The minimum Gasteiger partial charge on any atom is -0.360 e. The van der Waals surface area contributed by atoms with Gasteiger partial charge in [0, 0.05) is 22.6 Å². The standard InChI is InChI=1S/C22H24BrF3N4O3/c1-12(2)18(17-11-13(3)28-32-17)20(31)30-10-4-5-16(30)19-27-21(33-29-19,22(24,25)26)14-6-8-15(23)9-7-14/h6-9,11-12,16,18H,4-5,10H2,1-3H3,(H,27,29). The largest absolute Gasteiger partial charge is 0.445 e. The number of hydrogen-bond acceptors (Lipinski definition) is 6. The number of aryl methyl sites for hydroxylation is 1. The molecular weight excluding hydrogens is 505 g/mol. The fourth-order valence-corrected chi connectivity index (χ4v) is 4.59. The molecule has 0 spiro atoms. The Bertz CT molecular complexity index is 1050. The van der Waals surface area contributed by atoms with Gasteiger partial charge in [-0.3, -0.25) is 4.79 Å². The van der Waals surface area contributed by atoms with E-state index in [-0.39, 0.29) is 23.2 Å². The first-order valence-electron chi connectivity index (χ1n) is 10.6. The summed E-state index contributed by atoms with van der Waals surface area (Å²) in [4.78, 5) is 24.2. The molecule has 1 amide bonds. The van der Waals surface area contributed by atoms with Gasteiger partial charge in [0.05, 0.1) is 11.7 Å². The van der Waals surface area contributed by atoms with Crippen LogP contribution in [0.25, 0.3) is 0 Å². The second-order valence-electron chi connectivity index (χ2n) is 8.63. The number of amides is 1. The summed E-state index contributed by atoms with van der Waals surface area (Å²) in [5, 5.41) is 3.88. The van der Waals surface area contributed by atoms with E-state index >= 15 is 0 Å². The number of alkyl halides is 3. The van der Waals surface area contributed by atoms with Crippen LogP contribution in [0.1, 0.15) is 49.6 Å². The zero-order valence-electron chi connectivity index (χ0n) is 18.3. The van der Waals surface area contributed by atoms with Gasteiger partial charge in [-0.15, -0.1) is 0 Å². The lowest BCUT2D eigenvalue weighted by Gasteiger charge is -2.29. The first-order valence-corrected chi connectivity index (χ1v) is 11.4. The van der Waals surface area contributed by atoms with Crippen LogP contribution in [0.2, 0.25) is 0 Å². The van der Waals surface area contributed by atoms with Crippen LogP contribution in [0.5, 0.6) is 0 Å². The van der Waals surface area contributed by atoms with Gasteiger partial charge in [0.15, 0.2) is 0 Å². The van der Waals surface area contributed by atoms with Crippen molar-refractivity contribution in [3.8, 4) is 0 Å². The van der Waals surface area contributed by atoms with Gasteiger partial charge >= 0.3 is 11.9 Å². The third-order valence-electron chi connectivity index (χ3n) is 5.94. The molecular formula is C22H24BrF3N4O3. The Kier molecular flexibility index (Phi) is 6.30. The molecule has 3 atom stereocenters. The van der Waals surface area contributed by atoms with Crippen molar-refractivity contribution in [2.75, 3.05) is 6.54 Å². The van der Waals surface area contributed by atoms with E-state index in [1.54, 1.807) is 17.9 Å². The second kappa shape index (κ2) is 8.75. The SMILES string of the molecule is Cc1cc(C(C(=O)N2CCCC2C2=NC(c3ccc(Br)cc3)(C(F)(F)F)ON2)C(C)C)on1. The number of rotatable bonds is 5. The minimum atomic E-state index is -4.82. The third kappa shape index (κ3) is 4.28. The highest BCUT2D eigenvalue weighted by Crippen LogP contribution is 2.46. The number of nitrogens with zero attached hydrogens (tertiary/aromatic N) is 3. The Labute approximate surface area is 197 Å². The molecule has 11 heteroatoms. The summed E-state index contributed by atoms with van der Waals surface area (Å²) in [7, 11) is 0. The summed E-state index contributed by atoms with van der Waals surface area (Å²) < 4.78 is 48.6. The van der Waals surface area contributed by atoms with Crippen molar-refractivity contribution in [1.82, 2.24) is 15.5 Å². The third-order valence-corrected chi connectivity index (χ3v) is 6.47. The molecule has 178 valence electrons. The normalized spacial score (nSPS) is 24.2. The van der Waals surface area contributed by atoms with E-state index < -0.39 is 23.9 Å². The average molecular weight is 529 g/mol. The molecule has 7 nitrogen and oxygen atoms in total. The van der Waals surface area contributed by atoms with Crippen LogP contribution in [0.15, 0.2) is 44.3 Å². The number of benzene rings is 1. The highest BCUT2D eigenvalue weighted by atomic mass is 79.9. The summed E-state index contributed by atoms with van der Waals surface area (Å²) in [5.41, 5.74) is 0.000824. The van der Waals surface area contributed by atoms with Gasteiger partial charge in [-0.1, -0.05) is 47.1 Å². The Balaban J connectivity index is 1.67. The second-order valence-corrected chi connectivity index (χ2v) is 9.55. The summed E-state index contributed by atoms with van der Waals surface area (Å²) in [6.45, 7) is 5.95. The lowest BCUT2D eigenvalue weighted by atomic mass is 9.91. The van der Waals surface area contributed by atoms with Crippen LogP contribution in [-0.2, 0) is 15.4 Å². The molecule has 0 radical (unpaired) electrons. The molecule has 2 aliphatic rings. The Morgan fingerprint density at radius 1 is 1.30 bits per heavy atom. The van der Waals surface area contributed by atoms with Gasteiger partial charge in [0.2, 0.25) is 5.91 Å². The van der Waals surface area contributed by atoms with Crippen molar-refractivity contribution in [1.29, 1.82) is 0 Å². The summed E-state index contributed by atoms with van der Waals surface area (Å²) in [6.07, 6.45) is -3.72. The van der Waals surface area contributed by atoms with E-state index in [2.05, 4.69) is 31.6 Å². The number of amidine groups is 1. The lowest BCUT2D eigenvalue weighted by molar-refractivity contribution is -0.285. The van der Waals surface area contributed by atoms with Gasteiger partial charge in [0.1, 0.15) is 17.5 Å². The molecule has 1 fully saturated rings. The zero-order valence-corrected chi connectivity index (χ0v) is 19.9. The Morgan fingerprint density at radius 2 is 2.00 bits per heavy atom. The summed E-state index contributed by atoms with van der Waals surface area (Å²) >= 11 is 3.23. The predicted octanol–water partition coefficient (Wildman–Crippen LogP) is 4.82. The average Bonchev–Trinajstić information content (AvgIpc) is 3.47. The van der Waals surface area contributed by atoms with Crippen LogP contribution < -0.4 is 5.48 Å². The number of likely N-dealkylation sites (tertiary alicyclic amines) is 1. The van der Waals surface area contributed by atoms with Gasteiger partial charge in [-0.2, -0.15) is 13.2 Å². The molecule has 1 aromatic heterocycles. The molecule has 1 N–H and O–H groups in total. The van der Waals surface area contributed by atoms with Crippen molar-refractivity contribution >= 4 is 27.7 Å². The van der Waals surface area contributed by atoms with Crippen LogP contribution in [0.4, 0.5) is 13.2 Å². The van der Waals surface area contributed by atoms with Crippen molar-refractivity contribution in [3.05, 3.63) is 51.8 Å². The number of hydroxylamine groups is 1. The first kappa shape index (κ1) is 23.7. The Hall–Kier alpha value is -2.40. The minimum absolute atomic E-state index is 0.0163. The summed E-state index contributed by atoms with van der Waals surface area (Å²) in [6, 6.07) is 6.66. The molecule has 4 rings (SSSR count). The molecule has 3 unspecified atom stereocenters. The maximum Gasteiger partial charge on any atom is 0.445 e. The van der Waals surface area contributed by atoms with Crippen LogP contribution in [0.3, 0.4) is 0 Å². The molecule has 1 aromatic carbocycles. The zero-order chi connectivity index (χ0) is 24.0. The molecule has 0 aliphatic carbocycles. The topological polar surface area (TPSA) is 80.0 Å². The first-order chi connectivity index (χ1) is 15.5. The highest BCUT2D eigenvalue weighted by Gasteiger charge is 2.62. The van der Waals surface area contributed by atoms with E-state index in [1.165, 1.54) is 24.3 Å². The Morgan fingerprint density at radius 3 is 2.58 bits per heavy atom. The van der Waals surface area contributed by atoms with Crippen LogP contribution >= 0.6 is 15.9 Å². The quantitative estimate of drug-likeness (QED) is 0.601. The number of aromatic nitrogens is 1. The number of nitrogens with one attached hydrogen (secondary N) is 1. The van der Waals surface area contributed by atoms with Crippen LogP contribution in [0, 0.1) is 12.8 Å². The monoisotopic (exact) mass is 528 g/mol. The molecule has 3 heterocycles. The van der Waals surface area contributed by atoms with E-state index in [0.717, 1.165) is 0 Å². The molecule has 1 saturated heterocycles. The van der Waals surface area contributed by atoms with Gasteiger partial charge in [0.25, 0.3) is 0 Å². The summed E-state index contributed by atoms with van der Waals surface area (Å²) in [5.74, 6) is -0.514. The van der Waals surface area contributed by atoms with Gasteiger partial charge in [-0.05, 0) is 37.8 Å². The maximum atomic E-state index is 14.2. The van der Waals surface area contributed by atoms with E-state index in [4.69, 9.17) is 9.36 Å². The van der Waals surface area contributed by atoms with E-state index in [9.17, 15) is 18.0 Å². The van der Waals surface area contributed by atoms with E-state index in [1.807, 2.05) is 13.8 Å². The lowest BCUT2D eigenvalue weighted by Crippen LogP contribution is -2.46. The fourth-order valence-electron chi connectivity index (χ4n) is 4.33. The number of carbonyl (C=O) groups is 1. The van der Waals surface area contributed by atoms with Crippen LogP contribution in [-0.4, -0.2) is 40.6 Å². The number of aliphatic imine (C=N–C) groups is 1. The van der Waals surface area contributed by atoms with Gasteiger partial charge in [-0.25, -0.2) is 15.3 Å². The number of halogens is 4. The van der Waals surface area contributed by atoms with Crippen molar-refractivity contribution in [3.63, 3.8) is 0 Å². The highest BCUT2D eigenvalue weighted by molar-refractivity contribution is 9.10. The van der Waals surface area contributed by atoms with Gasteiger partial charge < -0.3 is 9.42 Å². The van der Waals surface area contributed by atoms with Crippen molar-refractivity contribution in [2.24, 2.45) is 10.9 Å². The van der Waals surface area contributed by atoms with Crippen molar-refractivity contribution < 1.29 is 27.3 Å². The molecule has 0 bridgehead atoms. The smallest absolute Gasteiger partial charge is 0.360 e. The molecule has 33 heavy (non-hydrogen) atoms. The fraction of sp³-hybridized carbons (Fsp3) is 0.500. The predicted molar refractivity (Wildman–Crippen MR) is 117 cm³/mol. The molecule has 2 aromatic rings. The number of hydrogen-bond donors (Lipinski definition) is 1. The maximum absolute atomic E-state index is 14.2.